The fourth-order valence-electron chi connectivity index (χ4n) is 3.35. The maximum Gasteiger partial charge on any atom is 0.292 e. The molecule has 10 nitrogen and oxygen atoms in total. The number of nitrogens with zero attached hydrogens (tertiary/aromatic N) is 3. The number of anilines is 1. The largest absolute Gasteiger partial charge is 0.493 e. The Labute approximate surface area is 183 Å². The molecule has 11 heteroatoms. The van der Waals surface area contributed by atoms with E-state index in [0.717, 1.165) is 0 Å². The van der Waals surface area contributed by atoms with Gasteiger partial charge >= 0.3 is 0 Å². The molecule has 1 saturated heterocycles. The number of methoxy groups -OCH3 is 1. The number of hydrogen-bond donors (Lipinski definition) is 1. The highest BCUT2D eigenvalue weighted by molar-refractivity contribution is 6.32. The standard InChI is InChI=1S/C20H21ClN4O6/c1-30-17-11-13(10-14(21)19(17)31-12-18(22)26)20(27)24-8-6-23(7-9-24)15-4-2-3-5-16(15)25(28)29/h2-5,10-11H,6-9,12H2,1H3,(H2,22,26). The SMILES string of the molecule is COc1cc(C(=O)N2CCN(c3ccccc3[N+](=O)[O-])CC2)cc(Cl)c1OCC(N)=O. The molecule has 1 heterocycles. The van der Waals surface area contributed by atoms with Crippen LogP contribution in [0, 0.1) is 10.1 Å². The number of halogens is 1. The first-order valence-electron chi connectivity index (χ1n) is 9.38. The summed E-state index contributed by atoms with van der Waals surface area (Å²) < 4.78 is 10.5. The van der Waals surface area contributed by atoms with E-state index in [1.54, 1.807) is 23.1 Å². The van der Waals surface area contributed by atoms with Crippen LogP contribution in [0.2, 0.25) is 5.02 Å². The molecule has 3 rings (SSSR count). The first-order valence-corrected chi connectivity index (χ1v) is 9.76. The number of rotatable bonds is 7. The lowest BCUT2D eigenvalue weighted by Gasteiger charge is -2.35. The minimum Gasteiger partial charge on any atom is -0.493 e. The van der Waals surface area contributed by atoms with Crippen molar-refractivity contribution in [1.29, 1.82) is 0 Å². The predicted octanol–water partition coefficient (Wildman–Crippen LogP) is 2.08. The quantitative estimate of drug-likeness (QED) is 0.507. The molecular weight excluding hydrogens is 428 g/mol. The minimum absolute atomic E-state index is 0.0327. The number of hydrogen-bond acceptors (Lipinski definition) is 7. The van der Waals surface area contributed by atoms with E-state index < -0.39 is 10.8 Å². The average molecular weight is 449 g/mol. The third-order valence-corrected chi connectivity index (χ3v) is 5.10. The van der Waals surface area contributed by atoms with E-state index in [1.807, 2.05) is 4.90 Å². The summed E-state index contributed by atoms with van der Waals surface area (Å²) in [7, 11) is 1.39. The first-order chi connectivity index (χ1) is 14.8. The Balaban J connectivity index is 1.73. The summed E-state index contributed by atoms with van der Waals surface area (Å²) in [6.45, 7) is 1.27. The Kier molecular flexibility index (Phi) is 6.81. The molecule has 0 atom stereocenters. The van der Waals surface area contributed by atoms with Gasteiger partial charge in [-0.15, -0.1) is 0 Å². The van der Waals surface area contributed by atoms with E-state index in [4.69, 9.17) is 26.8 Å². The van der Waals surface area contributed by atoms with Gasteiger partial charge in [0.1, 0.15) is 5.69 Å². The number of nitro groups is 1. The first kappa shape index (κ1) is 22.2. The van der Waals surface area contributed by atoms with Crippen LogP contribution in [0.5, 0.6) is 11.5 Å². The fraction of sp³-hybridized carbons (Fsp3) is 0.300. The molecule has 0 aromatic heterocycles. The second-order valence-corrected chi connectivity index (χ2v) is 7.18. The normalized spacial score (nSPS) is 13.6. The van der Waals surface area contributed by atoms with Gasteiger partial charge in [-0.2, -0.15) is 0 Å². The molecule has 0 radical (unpaired) electrons. The van der Waals surface area contributed by atoms with Crippen molar-refractivity contribution in [2.24, 2.45) is 5.73 Å². The van der Waals surface area contributed by atoms with Crippen LogP contribution in [0.15, 0.2) is 36.4 Å². The highest BCUT2D eigenvalue weighted by Crippen LogP contribution is 2.37. The average Bonchev–Trinajstić information content (AvgIpc) is 2.77. The lowest BCUT2D eigenvalue weighted by Crippen LogP contribution is -2.49. The van der Waals surface area contributed by atoms with Gasteiger partial charge in [0.15, 0.2) is 18.1 Å². The van der Waals surface area contributed by atoms with Crippen molar-refractivity contribution < 1.29 is 24.0 Å². The van der Waals surface area contributed by atoms with Crippen molar-refractivity contribution in [3.63, 3.8) is 0 Å². The van der Waals surface area contributed by atoms with Gasteiger partial charge in [-0.1, -0.05) is 23.7 Å². The number of nitrogens with two attached hydrogens (primary N) is 1. The maximum absolute atomic E-state index is 13.0. The number of carbonyl (C=O) groups excluding carboxylic acids is 2. The molecule has 0 spiro atoms. The van der Waals surface area contributed by atoms with Gasteiger partial charge in [-0.3, -0.25) is 19.7 Å². The van der Waals surface area contributed by atoms with Gasteiger partial charge in [0.2, 0.25) is 0 Å². The number of carbonyl (C=O) groups is 2. The van der Waals surface area contributed by atoms with Crippen LogP contribution in [0.25, 0.3) is 0 Å². The van der Waals surface area contributed by atoms with Crippen LogP contribution in [0.4, 0.5) is 11.4 Å². The molecule has 2 aromatic carbocycles. The van der Waals surface area contributed by atoms with E-state index in [0.29, 0.717) is 37.4 Å². The van der Waals surface area contributed by atoms with Crippen molar-refractivity contribution in [1.82, 2.24) is 4.90 Å². The Hall–Kier alpha value is -3.53. The predicted molar refractivity (Wildman–Crippen MR) is 114 cm³/mol. The third kappa shape index (κ3) is 4.97. The lowest BCUT2D eigenvalue weighted by atomic mass is 10.1. The molecule has 31 heavy (non-hydrogen) atoms. The van der Waals surface area contributed by atoms with Gasteiger partial charge in [-0.05, 0) is 18.2 Å². The van der Waals surface area contributed by atoms with Crippen LogP contribution in [0.3, 0.4) is 0 Å². The van der Waals surface area contributed by atoms with E-state index in [-0.39, 0.29) is 34.7 Å². The minimum atomic E-state index is -0.671. The highest BCUT2D eigenvalue weighted by atomic mass is 35.5. The molecule has 2 amide bonds. The van der Waals surface area contributed by atoms with Crippen molar-refractivity contribution in [2.45, 2.75) is 0 Å². The summed E-state index contributed by atoms with van der Waals surface area (Å²) in [5.74, 6) is -0.602. The summed E-state index contributed by atoms with van der Waals surface area (Å²) in [6.07, 6.45) is 0. The van der Waals surface area contributed by atoms with Crippen LogP contribution in [-0.4, -0.2) is 61.5 Å². The topological polar surface area (TPSA) is 128 Å². The fourth-order valence-corrected chi connectivity index (χ4v) is 3.61. The van der Waals surface area contributed by atoms with E-state index in [9.17, 15) is 19.7 Å². The van der Waals surface area contributed by atoms with E-state index >= 15 is 0 Å². The Bertz CT molecular complexity index is 1010. The highest BCUT2D eigenvalue weighted by Gasteiger charge is 2.27. The number of nitro benzene ring substituents is 1. The van der Waals surface area contributed by atoms with Crippen LogP contribution in [-0.2, 0) is 4.79 Å². The molecular formula is C20H21ClN4O6. The number of benzene rings is 2. The van der Waals surface area contributed by atoms with Gasteiger partial charge in [0.25, 0.3) is 17.5 Å². The van der Waals surface area contributed by atoms with Crippen LogP contribution < -0.4 is 20.1 Å². The van der Waals surface area contributed by atoms with Crippen molar-refractivity contribution in [3.05, 3.63) is 57.1 Å². The Morgan fingerprint density at radius 1 is 1.19 bits per heavy atom. The molecule has 0 bridgehead atoms. The third-order valence-electron chi connectivity index (χ3n) is 4.82. The molecule has 0 aliphatic carbocycles. The van der Waals surface area contributed by atoms with Crippen molar-refractivity contribution >= 4 is 34.8 Å². The number of piperazine rings is 1. The summed E-state index contributed by atoms with van der Waals surface area (Å²) in [5, 5.41) is 11.4. The van der Waals surface area contributed by atoms with Crippen molar-refractivity contribution in [2.75, 3.05) is 44.8 Å². The number of ether oxygens (including phenoxy) is 2. The molecule has 1 aliphatic heterocycles. The summed E-state index contributed by atoms with van der Waals surface area (Å²) in [6, 6.07) is 9.45. The monoisotopic (exact) mass is 448 g/mol. The Morgan fingerprint density at radius 3 is 2.48 bits per heavy atom. The zero-order valence-corrected chi connectivity index (χ0v) is 17.5. The maximum atomic E-state index is 13.0. The molecule has 2 N–H and O–H groups in total. The zero-order chi connectivity index (χ0) is 22.5. The summed E-state index contributed by atoms with van der Waals surface area (Å²) in [5.41, 5.74) is 5.95. The molecule has 0 saturated carbocycles. The number of amides is 2. The molecule has 1 fully saturated rings. The van der Waals surface area contributed by atoms with Gasteiger partial charge in [-0.25, -0.2) is 0 Å². The summed E-state index contributed by atoms with van der Waals surface area (Å²) >= 11 is 6.23. The molecule has 2 aromatic rings. The number of primary amides is 1. The molecule has 0 unspecified atom stereocenters. The van der Waals surface area contributed by atoms with Gasteiger partial charge in [0.05, 0.1) is 17.1 Å². The number of para-hydroxylation sites is 2. The Morgan fingerprint density at radius 2 is 1.87 bits per heavy atom. The van der Waals surface area contributed by atoms with Crippen LogP contribution >= 0.6 is 11.6 Å². The smallest absolute Gasteiger partial charge is 0.292 e. The summed E-state index contributed by atoms with van der Waals surface area (Å²) in [4.78, 5) is 38.3. The second-order valence-electron chi connectivity index (χ2n) is 6.77. The molecule has 164 valence electrons. The lowest BCUT2D eigenvalue weighted by molar-refractivity contribution is -0.384. The van der Waals surface area contributed by atoms with Gasteiger partial charge in [0, 0.05) is 37.8 Å². The molecule has 1 aliphatic rings. The van der Waals surface area contributed by atoms with E-state index in [2.05, 4.69) is 0 Å². The van der Waals surface area contributed by atoms with Crippen LogP contribution in [0.1, 0.15) is 10.4 Å². The van der Waals surface area contributed by atoms with Crippen molar-refractivity contribution in [3.8, 4) is 11.5 Å². The second kappa shape index (κ2) is 9.52. The van der Waals surface area contributed by atoms with Gasteiger partial charge < -0.3 is 25.0 Å². The van der Waals surface area contributed by atoms with E-state index in [1.165, 1.54) is 25.3 Å². The zero-order valence-electron chi connectivity index (χ0n) is 16.7.